The second-order valence-corrected chi connectivity index (χ2v) is 13.7. The summed E-state index contributed by atoms with van der Waals surface area (Å²) in [6.07, 6.45) is 6.83. The van der Waals surface area contributed by atoms with Gasteiger partial charge in [-0.1, -0.05) is 12.1 Å². The number of amides is 2. The highest BCUT2D eigenvalue weighted by Crippen LogP contribution is 2.37. The van der Waals surface area contributed by atoms with Crippen molar-refractivity contribution in [1.29, 1.82) is 0 Å². The summed E-state index contributed by atoms with van der Waals surface area (Å²) in [6.45, 7) is 4.82. The number of benzene rings is 2. The zero-order valence-corrected chi connectivity index (χ0v) is 29.0. The lowest BCUT2D eigenvalue weighted by molar-refractivity contribution is -0.134. The van der Waals surface area contributed by atoms with Crippen LogP contribution in [0.1, 0.15) is 42.7 Å². The van der Waals surface area contributed by atoms with Crippen LogP contribution in [0.3, 0.4) is 0 Å². The molecule has 0 spiro atoms. The minimum absolute atomic E-state index is 0.129. The van der Waals surface area contributed by atoms with Gasteiger partial charge in [0.2, 0.25) is 11.8 Å². The van der Waals surface area contributed by atoms with Crippen LogP contribution in [0.4, 0.5) is 5.69 Å². The minimum Gasteiger partial charge on any atom is -0.496 e. The van der Waals surface area contributed by atoms with Crippen molar-refractivity contribution in [3.63, 3.8) is 0 Å². The standard InChI is InChI=1S/C37H46N8O5/c1-43-21-31(29-18-40-42-36(29)37(43)48)25-14-32(49-2)30(33(15-25)50-3)17-38-28-19-44(20-28)22-35(47)45-12-10-24(11-13-45)23-4-6-26(7-5-23)41-27-8-9-34(46)39-16-27/h4-7,14-15,18,21,24,27-28,38,41H,8-13,16-17,19-20,22H2,1-3H3,(H,39,46)(H,40,42). The molecule has 50 heavy (non-hydrogen) atoms. The van der Waals surface area contributed by atoms with Crippen molar-refractivity contribution >= 4 is 28.4 Å². The average Bonchev–Trinajstić information content (AvgIpc) is 3.62. The highest BCUT2D eigenvalue weighted by Gasteiger charge is 2.31. The average molecular weight is 683 g/mol. The maximum atomic E-state index is 13.2. The Labute approximate surface area is 291 Å². The third-order valence-electron chi connectivity index (χ3n) is 10.5. The van der Waals surface area contributed by atoms with Crippen LogP contribution in [-0.4, -0.2) is 102 Å². The first-order chi connectivity index (χ1) is 24.3. The van der Waals surface area contributed by atoms with Crippen LogP contribution in [0.5, 0.6) is 11.5 Å². The molecule has 264 valence electrons. The van der Waals surface area contributed by atoms with E-state index in [-0.39, 0.29) is 29.5 Å². The van der Waals surface area contributed by atoms with Crippen molar-refractivity contribution in [2.45, 2.75) is 50.2 Å². The molecule has 1 atom stereocenters. The lowest BCUT2D eigenvalue weighted by Crippen LogP contribution is -2.60. The molecule has 3 fully saturated rings. The monoisotopic (exact) mass is 682 g/mol. The van der Waals surface area contributed by atoms with E-state index in [9.17, 15) is 14.4 Å². The van der Waals surface area contributed by atoms with Crippen LogP contribution in [0.25, 0.3) is 22.0 Å². The van der Waals surface area contributed by atoms with Gasteiger partial charge in [0, 0.05) is 93.2 Å². The fourth-order valence-corrected chi connectivity index (χ4v) is 7.47. The third-order valence-corrected chi connectivity index (χ3v) is 10.5. The molecule has 0 bridgehead atoms. The molecule has 1 unspecified atom stereocenters. The molecule has 3 aliphatic rings. The number of likely N-dealkylation sites (tertiary alicyclic amines) is 2. The van der Waals surface area contributed by atoms with Gasteiger partial charge in [-0.05, 0) is 60.6 Å². The van der Waals surface area contributed by atoms with Crippen LogP contribution in [-0.2, 0) is 23.2 Å². The highest BCUT2D eigenvalue weighted by molar-refractivity contribution is 5.94. The van der Waals surface area contributed by atoms with Crippen molar-refractivity contribution in [2.75, 3.05) is 58.8 Å². The summed E-state index contributed by atoms with van der Waals surface area (Å²) in [5.41, 5.74) is 5.34. The number of pyridine rings is 1. The first-order valence-corrected chi connectivity index (χ1v) is 17.4. The number of nitrogens with one attached hydrogen (secondary N) is 4. The van der Waals surface area contributed by atoms with E-state index in [0.29, 0.717) is 49.0 Å². The molecule has 13 heteroatoms. The molecule has 4 aromatic rings. The van der Waals surface area contributed by atoms with E-state index in [2.05, 4.69) is 55.3 Å². The van der Waals surface area contributed by atoms with Gasteiger partial charge in [0.15, 0.2) is 0 Å². The normalized spacial score (nSPS) is 18.9. The second-order valence-electron chi connectivity index (χ2n) is 13.7. The van der Waals surface area contributed by atoms with Crippen molar-refractivity contribution in [1.82, 2.24) is 35.2 Å². The first-order valence-electron chi connectivity index (χ1n) is 17.4. The van der Waals surface area contributed by atoms with Crippen molar-refractivity contribution < 1.29 is 19.1 Å². The summed E-state index contributed by atoms with van der Waals surface area (Å²) in [4.78, 5) is 41.4. The van der Waals surface area contributed by atoms with Gasteiger partial charge < -0.3 is 34.9 Å². The van der Waals surface area contributed by atoms with E-state index in [1.165, 1.54) is 5.56 Å². The zero-order valence-electron chi connectivity index (χ0n) is 29.0. The van der Waals surface area contributed by atoms with E-state index in [1.54, 1.807) is 38.2 Å². The number of rotatable bonds is 11. The number of aromatic nitrogens is 3. The van der Waals surface area contributed by atoms with Gasteiger partial charge in [-0.15, -0.1) is 0 Å². The SMILES string of the molecule is COc1cc(-c2cn(C)c(=O)c3[nH]ncc23)cc(OC)c1CNC1CN(CC(=O)N2CCC(c3ccc(NC4CCC(=O)NC4)cc3)CC2)C1. The lowest BCUT2D eigenvalue weighted by Gasteiger charge is -2.41. The summed E-state index contributed by atoms with van der Waals surface area (Å²) >= 11 is 0. The quantitative estimate of drug-likeness (QED) is 0.188. The van der Waals surface area contributed by atoms with E-state index < -0.39 is 0 Å². The van der Waals surface area contributed by atoms with Gasteiger partial charge in [0.25, 0.3) is 5.56 Å². The molecular formula is C37H46N8O5. The fraction of sp³-hybridized carbons (Fsp3) is 0.459. The Kier molecular flexibility index (Phi) is 9.77. The molecule has 2 aromatic carbocycles. The van der Waals surface area contributed by atoms with Gasteiger partial charge >= 0.3 is 0 Å². The lowest BCUT2D eigenvalue weighted by atomic mass is 9.89. The summed E-state index contributed by atoms with van der Waals surface area (Å²) in [5.74, 6) is 2.16. The summed E-state index contributed by atoms with van der Waals surface area (Å²) < 4.78 is 13.2. The molecule has 3 saturated heterocycles. The molecule has 13 nitrogen and oxygen atoms in total. The smallest absolute Gasteiger partial charge is 0.276 e. The van der Waals surface area contributed by atoms with E-state index in [1.807, 2.05) is 17.0 Å². The molecule has 3 aliphatic heterocycles. The van der Waals surface area contributed by atoms with Crippen molar-refractivity contribution in [2.24, 2.45) is 7.05 Å². The predicted molar refractivity (Wildman–Crippen MR) is 192 cm³/mol. The number of H-pyrrole nitrogens is 1. The molecule has 4 N–H and O–H groups in total. The number of piperidine rings is 2. The van der Waals surface area contributed by atoms with Crippen LogP contribution >= 0.6 is 0 Å². The summed E-state index contributed by atoms with van der Waals surface area (Å²) in [5, 5.41) is 17.7. The van der Waals surface area contributed by atoms with Gasteiger partial charge in [-0.2, -0.15) is 5.10 Å². The van der Waals surface area contributed by atoms with E-state index in [4.69, 9.17) is 9.47 Å². The molecule has 0 saturated carbocycles. The van der Waals surface area contributed by atoms with Crippen molar-refractivity contribution in [3.05, 3.63) is 70.3 Å². The number of anilines is 1. The van der Waals surface area contributed by atoms with Crippen LogP contribution < -0.4 is 31.0 Å². The van der Waals surface area contributed by atoms with Crippen LogP contribution in [0.15, 0.2) is 53.6 Å². The number of hydrogen-bond acceptors (Lipinski definition) is 9. The predicted octanol–water partition coefficient (Wildman–Crippen LogP) is 2.82. The number of carbonyl (C=O) groups excluding carboxylic acids is 2. The highest BCUT2D eigenvalue weighted by atomic mass is 16.5. The molecule has 7 rings (SSSR count). The van der Waals surface area contributed by atoms with Crippen LogP contribution in [0, 0.1) is 0 Å². The Bertz CT molecular complexity index is 1870. The largest absolute Gasteiger partial charge is 0.496 e. The number of fused-ring (bicyclic) bond motifs is 1. The number of methoxy groups -OCH3 is 2. The van der Waals surface area contributed by atoms with Gasteiger partial charge in [-0.3, -0.25) is 24.4 Å². The zero-order chi connectivity index (χ0) is 34.8. The molecule has 5 heterocycles. The number of hydrogen-bond donors (Lipinski definition) is 4. The van der Waals surface area contributed by atoms with E-state index >= 15 is 0 Å². The Morgan fingerprint density at radius 2 is 1.72 bits per heavy atom. The molecule has 2 amide bonds. The molecule has 2 aromatic heterocycles. The Morgan fingerprint density at radius 1 is 1.00 bits per heavy atom. The molecule has 0 aliphatic carbocycles. The first kappa shape index (κ1) is 33.6. The Hall–Kier alpha value is -4.88. The number of ether oxygens (including phenoxy) is 2. The maximum absolute atomic E-state index is 13.2. The fourth-order valence-electron chi connectivity index (χ4n) is 7.47. The van der Waals surface area contributed by atoms with Gasteiger partial charge in [0.1, 0.15) is 17.0 Å². The molecular weight excluding hydrogens is 636 g/mol. The van der Waals surface area contributed by atoms with Gasteiger partial charge in [0.05, 0.1) is 27.0 Å². The Morgan fingerprint density at radius 3 is 2.38 bits per heavy atom. The number of nitrogens with zero attached hydrogens (tertiary/aromatic N) is 4. The Balaban J connectivity index is 0.876. The maximum Gasteiger partial charge on any atom is 0.276 e. The number of aromatic amines is 1. The van der Waals surface area contributed by atoms with Crippen molar-refractivity contribution in [3.8, 4) is 22.6 Å². The third kappa shape index (κ3) is 7.06. The summed E-state index contributed by atoms with van der Waals surface area (Å²) in [7, 11) is 5.01. The van der Waals surface area contributed by atoms with Crippen LogP contribution in [0.2, 0.25) is 0 Å². The minimum atomic E-state index is -0.137. The summed E-state index contributed by atoms with van der Waals surface area (Å²) in [6, 6.07) is 13.1. The number of carbonyl (C=O) groups is 2. The van der Waals surface area contributed by atoms with Gasteiger partial charge in [-0.25, -0.2) is 0 Å². The topological polar surface area (TPSA) is 146 Å². The number of aryl methyl sites for hydroxylation is 1. The second kappa shape index (κ2) is 14.5. The molecule has 0 radical (unpaired) electrons. The van der Waals surface area contributed by atoms with E-state index in [0.717, 1.165) is 73.2 Å².